The SMILES string of the molecule is Cc1cccnc1CNC(=O)N1CCCCCC1. The lowest BCUT2D eigenvalue weighted by Gasteiger charge is -2.20. The number of aromatic nitrogens is 1. The first-order valence-corrected chi connectivity index (χ1v) is 6.70. The van der Waals surface area contributed by atoms with Gasteiger partial charge in [0.15, 0.2) is 0 Å². The number of nitrogens with one attached hydrogen (secondary N) is 1. The number of hydrogen-bond acceptors (Lipinski definition) is 2. The van der Waals surface area contributed by atoms with Gasteiger partial charge in [0, 0.05) is 19.3 Å². The van der Waals surface area contributed by atoms with Crippen molar-refractivity contribution in [1.82, 2.24) is 15.2 Å². The van der Waals surface area contributed by atoms with Crippen LogP contribution in [0.25, 0.3) is 0 Å². The molecule has 0 bridgehead atoms. The molecule has 2 rings (SSSR count). The second-order valence-electron chi connectivity index (χ2n) is 4.83. The van der Waals surface area contributed by atoms with Crippen LogP contribution in [0.15, 0.2) is 18.3 Å². The summed E-state index contributed by atoms with van der Waals surface area (Å²) in [5.41, 5.74) is 2.06. The highest BCUT2D eigenvalue weighted by Crippen LogP contribution is 2.10. The van der Waals surface area contributed by atoms with Gasteiger partial charge in [-0.25, -0.2) is 4.79 Å². The van der Waals surface area contributed by atoms with Crippen molar-refractivity contribution >= 4 is 6.03 Å². The molecule has 0 unspecified atom stereocenters. The summed E-state index contributed by atoms with van der Waals surface area (Å²) < 4.78 is 0. The van der Waals surface area contributed by atoms with Gasteiger partial charge in [0.25, 0.3) is 0 Å². The van der Waals surface area contributed by atoms with Crippen molar-refractivity contribution in [2.75, 3.05) is 13.1 Å². The summed E-state index contributed by atoms with van der Waals surface area (Å²) in [6.07, 6.45) is 6.48. The average molecular weight is 247 g/mol. The largest absolute Gasteiger partial charge is 0.332 e. The number of rotatable bonds is 2. The summed E-state index contributed by atoms with van der Waals surface area (Å²) >= 11 is 0. The molecule has 1 aliphatic rings. The standard InChI is InChI=1S/C14H21N3O/c1-12-7-6-8-15-13(12)11-16-14(18)17-9-4-2-3-5-10-17/h6-8H,2-5,9-11H2,1H3,(H,16,18). The van der Waals surface area contributed by atoms with E-state index < -0.39 is 0 Å². The Labute approximate surface area is 108 Å². The molecule has 2 amide bonds. The van der Waals surface area contributed by atoms with Gasteiger partial charge in [-0.3, -0.25) is 4.98 Å². The molecule has 1 aliphatic heterocycles. The van der Waals surface area contributed by atoms with E-state index in [-0.39, 0.29) is 6.03 Å². The molecule has 0 aromatic carbocycles. The number of likely N-dealkylation sites (tertiary alicyclic amines) is 1. The van der Waals surface area contributed by atoms with Crippen molar-refractivity contribution in [3.63, 3.8) is 0 Å². The van der Waals surface area contributed by atoms with E-state index in [2.05, 4.69) is 10.3 Å². The zero-order valence-electron chi connectivity index (χ0n) is 11.0. The third kappa shape index (κ3) is 3.45. The van der Waals surface area contributed by atoms with Crippen molar-refractivity contribution < 1.29 is 4.79 Å². The van der Waals surface area contributed by atoms with E-state index in [9.17, 15) is 4.79 Å². The van der Waals surface area contributed by atoms with Crippen LogP contribution in [0.5, 0.6) is 0 Å². The van der Waals surface area contributed by atoms with Crippen LogP contribution in [0.1, 0.15) is 36.9 Å². The molecule has 0 spiro atoms. The predicted molar refractivity (Wildman–Crippen MR) is 71.3 cm³/mol. The first kappa shape index (κ1) is 12.9. The molecule has 1 N–H and O–H groups in total. The van der Waals surface area contributed by atoms with Crippen molar-refractivity contribution in [3.8, 4) is 0 Å². The van der Waals surface area contributed by atoms with Gasteiger partial charge in [0.1, 0.15) is 0 Å². The Kier molecular flexibility index (Phi) is 4.56. The highest BCUT2D eigenvalue weighted by Gasteiger charge is 2.15. The summed E-state index contributed by atoms with van der Waals surface area (Å²) in [7, 11) is 0. The number of carbonyl (C=O) groups excluding carboxylic acids is 1. The summed E-state index contributed by atoms with van der Waals surface area (Å²) in [5.74, 6) is 0. The highest BCUT2D eigenvalue weighted by molar-refractivity contribution is 5.74. The monoisotopic (exact) mass is 247 g/mol. The maximum atomic E-state index is 12.0. The maximum absolute atomic E-state index is 12.0. The second-order valence-corrected chi connectivity index (χ2v) is 4.83. The Bertz CT molecular complexity index is 398. The molecule has 1 aromatic rings. The van der Waals surface area contributed by atoms with Crippen LogP contribution in [-0.2, 0) is 6.54 Å². The number of amides is 2. The Morgan fingerprint density at radius 1 is 1.33 bits per heavy atom. The molecule has 1 fully saturated rings. The Balaban J connectivity index is 1.86. The molecule has 4 nitrogen and oxygen atoms in total. The fourth-order valence-electron chi connectivity index (χ4n) is 2.25. The number of pyridine rings is 1. The zero-order chi connectivity index (χ0) is 12.8. The van der Waals surface area contributed by atoms with Crippen molar-refractivity contribution in [2.24, 2.45) is 0 Å². The summed E-state index contributed by atoms with van der Waals surface area (Å²) in [6.45, 7) is 4.29. The second kappa shape index (κ2) is 6.38. The summed E-state index contributed by atoms with van der Waals surface area (Å²) in [5, 5.41) is 2.96. The van der Waals surface area contributed by atoms with Crippen LogP contribution in [0, 0.1) is 6.92 Å². The summed E-state index contributed by atoms with van der Waals surface area (Å²) in [4.78, 5) is 18.2. The van der Waals surface area contributed by atoms with Crippen LogP contribution in [-0.4, -0.2) is 29.0 Å². The molecule has 4 heteroatoms. The van der Waals surface area contributed by atoms with Gasteiger partial charge in [-0.05, 0) is 31.4 Å². The Morgan fingerprint density at radius 3 is 2.72 bits per heavy atom. The summed E-state index contributed by atoms with van der Waals surface area (Å²) in [6, 6.07) is 3.97. The lowest BCUT2D eigenvalue weighted by atomic mass is 10.2. The van der Waals surface area contributed by atoms with Gasteiger partial charge in [-0.1, -0.05) is 18.9 Å². The van der Waals surface area contributed by atoms with Gasteiger partial charge < -0.3 is 10.2 Å². The fourth-order valence-corrected chi connectivity index (χ4v) is 2.25. The van der Waals surface area contributed by atoms with Crippen LogP contribution < -0.4 is 5.32 Å². The molecule has 0 aliphatic carbocycles. The molecule has 2 heterocycles. The quantitative estimate of drug-likeness (QED) is 0.872. The van der Waals surface area contributed by atoms with Gasteiger partial charge in [0.05, 0.1) is 12.2 Å². The minimum atomic E-state index is 0.0435. The smallest absolute Gasteiger partial charge is 0.317 e. The van der Waals surface area contributed by atoms with E-state index in [4.69, 9.17) is 0 Å². The minimum Gasteiger partial charge on any atom is -0.332 e. The molecule has 18 heavy (non-hydrogen) atoms. The zero-order valence-corrected chi connectivity index (χ0v) is 11.0. The molecule has 1 saturated heterocycles. The topological polar surface area (TPSA) is 45.2 Å². The first-order valence-electron chi connectivity index (χ1n) is 6.70. The number of urea groups is 1. The van der Waals surface area contributed by atoms with Crippen LogP contribution >= 0.6 is 0 Å². The van der Waals surface area contributed by atoms with Crippen molar-refractivity contribution in [3.05, 3.63) is 29.6 Å². The molecule has 0 radical (unpaired) electrons. The normalized spacial score (nSPS) is 16.2. The number of carbonyl (C=O) groups is 1. The van der Waals surface area contributed by atoms with Crippen LogP contribution in [0.4, 0.5) is 4.79 Å². The van der Waals surface area contributed by atoms with E-state index in [1.807, 2.05) is 24.0 Å². The maximum Gasteiger partial charge on any atom is 0.317 e. The van der Waals surface area contributed by atoms with Crippen molar-refractivity contribution in [1.29, 1.82) is 0 Å². The van der Waals surface area contributed by atoms with Gasteiger partial charge in [0.2, 0.25) is 0 Å². The molecule has 0 saturated carbocycles. The van der Waals surface area contributed by atoms with Gasteiger partial charge in [-0.15, -0.1) is 0 Å². The third-order valence-corrected chi connectivity index (χ3v) is 3.42. The Morgan fingerprint density at radius 2 is 2.06 bits per heavy atom. The Hall–Kier alpha value is -1.58. The average Bonchev–Trinajstić information content (AvgIpc) is 2.66. The van der Waals surface area contributed by atoms with E-state index in [0.717, 1.165) is 37.2 Å². The highest BCUT2D eigenvalue weighted by atomic mass is 16.2. The number of aryl methyl sites for hydroxylation is 1. The minimum absolute atomic E-state index is 0.0435. The molecule has 1 aromatic heterocycles. The van der Waals surface area contributed by atoms with Crippen molar-refractivity contribution in [2.45, 2.75) is 39.2 Å². The van der Waals surface area contributed by atoms with E-state index in [1.165, 1.54) is 12.8 Å². The third-order valence-electron chi connectivity index (χ3n) is 3.42. The number of hydrogen-bond donors (Lipinski definition) is 1. The molecular weight excluding hydrogens is 226 g/mol. The fraction of sp³-hybridized carbons (Fsp3) is 0.571. The number of nitrogens with zero attached hydrogens (tertiary/aromatic N) is 2. The lowest BCUT2D eigenvalue weighted by Crippen LogP contribution is -2.40. The lowest BCUT2D eigenvalue weighted by molar-refractivity contribution is 0.199. The molecule has 0 atom stereocenters. The van der Waals surface area contributed by atoms with Crippen LogP contribution in [0.3, 0.4) is 0 Å². The van der Waals surface area contributed by atoms with Crippen LogP contribution in [0.2, 0.25) is 0 Å². The molecule has 98 valence electrons. The first-order chi connectivity index (χ1) is 8.77. The predicted octanol–water partition coefficient (Wildman–Crippen LogP) is 2.48. The van der Waals surface area contributed by atoms with E-state index >= 15 is 0 Å². The molecular formula is C14H21N3O. The van der Waals surface area contributed by atoms with E-state index in [1.54, 1.807) is 6.20 Å². The van der Waals surface area contributed by atoms with Gasteiger partial charge in [-0.2, -0.15) is 0 Å². The van der Waals surface area contributed by atoms with Gasteiger partial charge >= 0.3 is 6.03 Å². The van der Waals surface area contributed by atoms with E-state index in [0.29, 0.717) is 6.54 Å².